The Morgan fingerprint density at radius 3 is 2.48 bits per heavy atom. The number of likely N-dealkylation sites (tertiary alicyclic amines) is 1. The Bertz CT molecular complexity index is 1000. The molecule has 31 heavy (non-hydrogen) atoms. The molecule has 1 aromatic carbocycles. The number of rotatable bonds is 7. The highest BCUT2D eigenvalue weighted by molar-refractivity contribution is 6.07. The van der Waals surface area contributed by atoms with Gasteiger partial charge in [0.25, 0.3) is 5.91 Å². The second kappa shape index (κ2) is 8.72. The molecule has 0 atom stereocenters. The van der Waals surface area contributed by atoms with Crippen LogP contribution in [0.25, 0.3) is 0 Å². The number of anilines is 2. The number of benzene rings is 1. The second-order valence-electron chi connectivity index (χ2n) is 6.77. The maximum Gasteiger partial charge on any atom is 0.573 e. The van der Waals surface area contributed by atoms with Gasteiger partial charge in [0, 0.05) is 42.2 Å². The van der Waals surface area contributed by atoms with E-state index in [-0.39, 0.29) is 31.2 Å². The minimum atomic E-state index is -4.80. The van der Waals surface area contributed by atoms with Gasteiger partial charge in [0.1, 0.15) is 11.6 Å². The number of aromatic nitrogens is 1. The van der Waals surface area contributed by atoms with Crippen molar-refractivity contribution in [3.05, 3.63) is 60.1 Å². The Morgan fingerprint density at radius 1 is 1.29 bits per heavy atom. The number of hydrogen-bond donors (Lipinski definition) is 3. The Labute approximate surface area is 174 Å². The predicted molar refractivity (Wildman–Crippen MR) is 104 cm³/mol. The lowest BCUT2D eigenvalue weighted by Crippen LogP contribution is -2.53. The highest BCUT2D eigenvalue weighted by atomic mass is 19.4. The van der Waals surface area contributed by atoms with Gasteiger partial charge in [-0.25, -0.2) is 9.37 Å². The normalized spacial score (nSPS) is 14.0. The summed E-state index contributed by atoms with van der Waals surface area (Å²) in [6, 6.07) is 6.46. The standard InChI is InChI=1S/C20H18F4N4O3/c1-11(21)19(30)28-8-13(9-28)17(25)16-12(10-29)6-7-26-18(16)27-14-2-4-15(5-3-14)31-20(22,23)24/h2-7,13,25,29H,1,8-10H2,(H,26,27). The van der Waals surface area contributed by atoms with Gasteiger partial charge < -0.3 is 25.5 Å². The fourth-order valence-corrected chi connectivity index (χ4v) is 3.11. The molecule has 11 heteroatoms. The Balaban J connectivity index is 1.79. The lowest BCUT2D eigenvalue weighted by Gasteiger charge is -2.39. The fourth-order valence-electron chi connectivity index (χ4n) is 3.11. The van der Waals surface area contributed by atoms with Gasteiger partial charge in [0.2, 0.25) is 0 Å². The Hall–Kier alpha value is -3.47. The summed E-state index contributed by atoms with van der Waals surface area (Å²) >= 11 is 0. The van der Waals surface area contributed by atoms with E-state index >= 15 is 0 Å². The van der Waals surface area contributed by atoms with Crippen molar-refractivity contribution in [3.8, 4) is 5.75 Å². The van der Waals surface area contributed by atoms with Gasteiger partial charge in [0.15, 0.2) is 5.83 Å². The number of aliphatic hydroxyl groups excluding tert-OH is 1. The number of hydrogen-bond acceptors (Lipinski definition) is 6. The summed E-state index contributed by atoms with van der Waals surface area (Å²) in [5.41, 5.74) is 1.17. The van der Waals surface area contributed by atoms with Crippen molar-refractivity contribution in [2.75, 3.05) is 18.4 Å². The molecule has 2 aromatic rings. The monoisotopic (exact) mass is 438 g/mol. The molecule has 7 nitrogen and oxygen atoms in total. The molecular weight excluding hydrogens is 420 g/mol. The minimum absolute atomic E-state index is 0.0881. The quantitative estimate of drug-likeness (QED) is 0.349. The SMILES string of the molecule is C=C(F)C(=O)N1CC(C(=N)c2c(CO)ccnc2Nc2ccc(OC(F)(F)F)cc2)C1. The molecule has 3 N–H and O–H groups in total. The lowest BCUT2D eigenvalue weighted by atomic mass is 9.88. The molecule has 164 valence electrons. The molecule has 0 aliphatic carbocycles. The van der Waals surface area contributed by atoms with Crippen LogP contribution in [-0.2, 0) is 11.4 Å². The number of ether oxygens (including phenoxy) is 1. The minimum Gasteiger partial charge on any atom is -0.406 e. The number of aliphatic hydroxyl groups is 1. The van der Waals surface area contributed by atoms with Crippen LogP contribution in [0.2, 0.25) is 0 Å². The number of amides is 1. The molecule has 1 aliphatic rings. The van der Waals surface area contributed by atoms with Gasteiger partial charge in [-0.2, -0.15) is 0 Å². The number of carbonyl (C=O) groups is 1. The summed E-state index contributed by atoms with van der Waals surface area (Å²) in [5.74, 6) is -2.50. The largest absolute Gasteiger partial charge is 0.573 e. The van der Waals surface area contributed by atoms with Gasteiger partial charge in [-0.15, -0.1) is 13.2 Å². The van der Waals surface area contributed by atoms with Gasteiger partial charge in [-0.05, 0) is 35.9 Å². The van der Waals surface area contributed by atoms with Crippen molar-refractivity contribution in [1.82, 2.24) is 9.88 Å². The first-order valence-electron chi connectivity index (χ1n) is 9.03. The van der Waals surface area contributed by atoms with Crippen LogP contribution in [-0.4, -0.2) is 46.1 Å². The van der Waals surface area contributed by atoms with Crippen molar-refractivity contribution in [1.29, 1.82) is 5.41 Å². The van der Waals surface area contributed by atoms with Crippen molar-refractivity contribution in [2.24, 2.45) is 5.92 Å². The van der Waals surface area contributed by atoms with Crippen LogP contribution in [0.4, 0.5) is 29.1 Å². The second-order valence-corrected chi connectivity index (χ2v) is 6.77. The number of alkyl halides is 3. The third-order valence-corrected chi connectivity index (χ3v) is 4.64. The molecule has 2 heterocycles. The van der Waals surface area contributed by atoms with E-state index in [1.807, 2.05) is 0 Å². The molecular formula is C20H18F4N4O3. The summed E-state index contributed by atoms with van der Waals surface area (Å²) in [7, 11) is 0. The molecule has 0 bridgehead atoms. The fraction of sp³-hybridized carbons (Fsp3) is 0.250. The van der Waals surface area contributed by atoms with Crippen LogP contribution < -0.4 is 10.1 Å². The summed E-state index contributed by atoms with van der Waals surface area (Å²) in [4.78, 5) is 17.0. The van der Waals surface area contributed by atoms with E-state index in [0.717, 1.165) is 12.1 Å². The molecule has 0 saturated carbocycles. The van der Waals surface area contributed by atoms with Gasteiger partial charge in [0.05, 0.1) is 6.61 Å². The van der Waals surface area contributed by atoms with E-state index in [4.69, 9.17) is 5.41 Å². The first kappa shape index (κ1) is 22.2. The van der Waals surface area contributed by atoms with Crippen molar-refractivity contribution in [3.63, 3.8) is 0 Å². The maximum absolute atomic E-state index is 13.0. The first-order chi connectivity index (χ1) is 14.6. The van der Waals surface area contributed by atoms with Gasteiger partial charge >= 0.3 is 6.36 Å². The van der Waals surface area contributed by atoms with Crippen LogP contribution in [0, 0.1) is 11.3 Å². The Kier molecular flexibility index (Phi) is 6.25. The average Bonchev–Trinajstić information content (AvgIpc) is 2.66. The topological polar surface area (TPSA) is 98.5 Å². The molecule has 3 rings (SSSR count). The molecule has 1 amide bonds. The zero-order valence-corrected chi connectivity index (χ0v) is 16.0. The van der Waals surface area contributed by atoms with Crippen LogP contribution in [0.3, 0.4) is 0 Å². The number of pyridine rings is 1. The average molecular weight is 438 g/mol. The third-order valence-electron chi connectivity index (χ3n) is 4.64. The van der Waals surface area contributed by atoms with Crippen LogP contribution in [0.1, 0.15) is 11.1 Å². The molecule has 0 spiro atoms. The summed E-state index contributed by atoms with van der Waals surface area (Å²) in [6.45, 7) is 2.81. The molecule has 1 aliphatic heterocycles. The lowest BCUT2D eigenvalue weighted by molar-refractivity contribution is -0.274. The third kappa shape index (κ3) is 5.18. The van der Waals surface area contributed by atoms with Gasteiger partial charge in [-0.1, -0.05) is 6.58 Å². The summed E-state index contributed by atoms with van der Waals surface area (Å²) in [5, 5.41) is 21.1. The molecule has 1 saturated heterocycles. The van der Waals surface area contributed by atoms with E-state index in [1.54, 1.807) is 0 Å². The number of nitrogens with one attached hydrogen (secondary N) is 2. The number of carbonyl (C=O) groups excluding carboxylic acids is 1. The van der Waals surface area contributed by atoms with E-state index < -0.39 is 29.8 Å². The predicted octanol–water partition coefficient (Wildman–Crippen LogP) is 3.53. The van der Waals surface area contributed by atoms with E-state index in [1.165, 1.54) is 29.3 Å². The van der Waals surface area contributed by atoms with E-state index in [2.05, 4.69) is 21.6 Å². The van der Waals surface area contributed by atoms with Crippen LogP contribution in [0.15, 0.2) is 48.9 Å². The summed E-state index contributed by atoms with van der Waals surface area (Å²) < 4.78 is 53.7. The van der Waals surface area contributed by atoms with Crippen molar-refractivity contribution >= 4 is 23.1 Å². The highest BCUT2D eigenvalue weighted by Crippen LogP contribution is 2.30. The first-order valence-corrected chi connectivity index (χ1v) is 9.03. The number of halogens is 4. The van der Waals surface area contributed by atoms with E-state index in [9.17, 15) is 27.5 Å². The smallest absolute Gasteiger partial charge is 0.406 e. The highest BCUT2D eigenvalue weighted by Gasteiger charge is 2.36. The van der Waals surface area contributed by atoms with Gasteiger partial charge in [-0.3, -0.25) is 4.79 Å². The maximum atomic E-state index is 13.0. The van der Waals surface area contributed by atoms with Crippen molar-refractivity contribution < 1.29 is 32.2 Å². The van der Waals surface area contributed by atoms with Crippen LogP contribution >= 0.6 is 0 Å². The number of nitrogens with zero attached hydrogens (tertiary/aromatic N) is 2. The van der Waals surface area contributed by atoms with Crippen LogP contribution in [0.5, 0.6) is 5.75 Å². The molecule has 0 radical (unpaired) electrons. The zero-order chi connectivity index (χ0) is 22.8. The van der Waals surface area contributed by atoms with E-state index in [0.29, 0.717) is 16.8 Å². The zero-order valence-electron chi connectivity index (χ0n) is 16.0. The van der Waals surface area contributed by atoms with Crippen molar-refractivity contribution in [2.45, 2.75) is 13.0 Å². The summed E-state index contributed by atoms with van der Waals surface area (Å²) in [6.07, 6.45) is -3.39. The molecule has 0 unspecified atom stereocenters. The Morgan fingerprint density at radius 2 is 1.94 bits per heavy atom. The molecule has 1 fully saturated rings. The molecule has 1 aromatic heterocycles.